The summed E-state index contributed by atoms with van der Waals surface area (Å²) in [4.78, 5) is 17.0. The predicted octanol–water partition coefficient (Wildman–Crippen LogP) is 2.71. The van der Waals surface area contributed by atoms with Crippen molar-refractivity contribution in [2.24, 2.45) is 0 Å². The Morgan fingerprint density at radius 1 is 1.00 bits per heavy atom. The highest BCUT2D eigenvalue weighted by Gasteiger charge is 2.31. The Kier molecular flexibility index (Phi) is 4.49. The number of rotatable bonds is 3. The number of sulfonamides is 1. The zero-order chi connectivity index (χ0) is 21.8. The summed E-state index contributed by atoms with van der Waals surface area (Å²) in [6.45, 7) is -0.157. The van der Waals surface area contributed by atoms with E-state index in [-0.39, 0.29) is 25.1 Å². The number of halogens is 2. The molecule has 2 aromatic heterocycles. The molecule has 1 aliphatic heterocycles. The molecule has 5 rings (SSSR count). The van der Waals surface area contributed by atoms with Crippen LogP contribution >= 0.6 is 0 Å². The highest BCUT2D eigenvalue weighted by atomic mass is 32.2. The first-order chi connectivity index (χ1) is 14.8. The van der Waals surface area contributed by atoms with E-state index < -0.39 is 26.6 Å². The number of benzene rings is 2. The zero-order valence-electron chi connectivity index (χ0n) is 16.0. The SMILES string of the molecule is O=c1c2c(nc3cc(-c4ccccc4)[nH]n13)CN(S(=O)(=O)c1cc(F)cc(F)c1)CC2. The molecule has 0 aliphatic carbocycles. The third-order valence-electron chi connectivity index (χ3n) is 5.29. The summed E-state index contributed by atoms with van der Waals surface area (Å²) in [7, 11) is -4.16. The second-order valence-electron chi connectivity index (χ2n) is 7.27. The molecule has 0 radical (unpaired) electrons. The third kappa shape index (κ3) is 3.33. The van der Waals surface area contributed by atoms with Crippen molar-refractivity contribution in [1.82, 2.24) is 18.9 Å². The van der Waals surface area contributed by atoms with Crippen molar-refractivity contribution in [2.75, 3.05) is 6.54 Å². The Hall–Kier alpha value is -3.37. The van der Waals surface area contributed by atoms with Gasteiger partial charge in [-0.2, -0.15) is 4.31 Å². The van der Waals surface area contributed by atoms with Gasteiger partial charge in [-0.3, -0.25) is 9.89 Å². The number of fused-ring (bicyclic) bond motifs is 2. The van der Waals surface area contributed by atoms with Crippen molar-refractivity contribution < 1.29 is 17.2 Å². The maximum atomic E-state index is 13.6. The lowest BCUT2D eigenvalue weighted by atomic mass is 10.1. The molecule has 0 unspecified atom stereocenters. The van der Waals surface area contributed by atoms with Crippen LogP contribution < -0.4 is 5.56 Å². The quantitative estimate of drug-likeness (QED) is 0.529. The number of H-pyrrole nitrogens is 1. The maximum absolute atomic E-state index is 13.6. The van der Waals surface area contributed by atoms with E-state index in [0.29, 0.717) is 28.7 Å². The number of nitrogens with one attached hydrogen (secondary N) is 1. The lowest BCUT2D eigenvalue weighted by Crippen LogP contribution is -2.39. The molecule has 0 amide bonds. The molecule has 0 atom stereocenters. The van der Waals surface area contributed by atoms with Gasteiger partial charge in [-0.15, -0.1) is 0 Å². The van der Waals surface area contributed by atoms with Gasteiger partial charge in [0.05, 0.1) is 22.8 Å². The predicted molar refractivity (Wildman–Crippen MR) is 109 cm³/mol. The van der Waals surface area contributed by atoms with Crippen molar-refractivity contribution in [2.45, 2.75) is 17.9 Å². The van der Waals surface area contributed by atoms with Crippen LogP contribution in [0.2, 0.25) is 0 Å². The van der Waals surface area contributed by atoms with Crippen LogP contribution in [0, 0.1) is 11.6 Å². The molecule has 10 heteroatoms. The molecule has 4 aromatic rings. The standard InChI is InChI=1S/C21H16F2N4O3S/c22-14-8-15(23)10-16(9-14)31(29,30)26-7-6-17-19(12-26)24-20-11-18(25-27(20)21(17)28)13-4-2-1-3-5-13/h1-5,8-11,25H,6-7,12H2. The fourth-order valence-corrected chi connectivity index (χ4v) is 5.21. The second-order valence-corrected chi connectivity index (χ2v) is 9.20. The van der Waals surface area contributed by atoms with E-state index >= 15 is 0 Å². The molecule has 31 heavy (non-hydrogen) atoms. The van der Waals surface area contributed by atoms with E-state index in [2.05, 4.69) is 10.1 Å². The Morgan fingerprint density at radius 2 is 1.71 bits per heavy atom. The van der Waals surface area contributed by atoms with Gasteiger partial charge in [0.15, 0.2) is 5.65 Å². The van der Waals surface area contributed by atoms with Gasteiger partial charge in [0.25, 0.3) is 5.56 Å². The zero-order valence-corrected chi connectivity index (χ0v) is 16.9. The third-order valence-corrected chi connectivity index (χ3v) is 7.11. The topological polar surface area (TPSA) is 87.5 Å². The number of aromatic nitrogens is 3. The normalized spacial score (nSPS) is 14.6. The Bertz CT molecular complexity index is 1460. The van der Waals surface area contributed by atoms with Crippen LogP contribution in [-0.2, 0) is 23.0 Å². The van der Waals surface area contributed by atoms with E-state index in [1.807, 2.05) is 30.3 Å². The summed E-state index contributed by atoms with van der Waals surface area (Å²) in [5.74, 6) is -1.95. The maximum Gasteiger partial charge on any atom is 0.276 e. The van der Waals surface area contributed by atoms with Gasteiger partial charge in [-0.25, -0.2) is 26.7 Å². The lowest BCUT2D eigenvalue weighted by Gasteiger charge is -2.27. The summed E-state index contributed by atoms with van der Waals surface area (Å²) in [5.41, 5.74) is 2.38. The van der Waals surface area contributed by atoms with Gasteiger partial charge in [0, 0.05) is 24.2 Å². The van der Waals surface area contributed by atoms with Crippen molar-refractivity contribution in [3.05, 3.63) is 87.8 Å². The molecule has 0 saturated heterocycles. The Labute approximate surface area is 175 Å². The minimum atomic E-state index is -4.16. The van der Waals surface area contributed by atoms with Gasteiger partial charge in [0.1, 0.15) is 11.6 Å². The summed E-state index contributed by atoms with van der Waals surface area (Å²) in [5, 5.41) is 3.04. The molecular formula is C21H16F2N4O3S. The van der Waals surface area contributed by atoms with Crippen LogP contribution in [0.3, 0.4) is 0 Å². The number of hydrogen-bond donors (Lipinski definition) is 1. The molecule has 7 nitrogen and oxygen atoms in total. The van der Waals surface area contributed by atoms with Gasteiger partial charge >= 0.3 is 0 Å². The first-order valence-corrected chi connectivity index (χ1v) is 10.9. The highest BCUT2D eigenvalue weighted by molar-refractivity contribution is 7.89. The molecule has 0 fully saturated rings. The van der Waals surface area contributed by atoms with Crippen molar-refractivity contribution >= 4 is 15.7 Å². The molecule has 3 heterocycles. The molecule has 0 saturated carbocycles. The van der Waals surface area contributed by atoms with Crippen LogP contribution in [0.1, 0.15) is 11.3 Å². The van der Waals surface area contributed by atoms with E-state index in [1.165, 1.54) is 4.52 Å². The van der Waals surface area contributed by atoms with Crippen molar-refractivity contribution in [3.63, 3.8) is 0 Å². The summed E-state index contributed by atoms with van der Waals surface area (Å²) in [6, 6.07) is 13.3. The molecule has 1 N–H and O–H groups in total. The van der Waals surface area contributed by atoms with E-state index in [9.17, 15) is 22.0 Å². The number of aromatic amines is 1. The van der Waals surface area contributed by atoms with Crippen LogP contribution in [-0.4, -0.2) is 33.9 Å². The first-order valence-electron chi connectivity index (χ1n) is 9.48. The smallest absolute Gasteiger partial charge is 0.276 e. The molecular weight excluding hydrogens is 426 g/mol. The second kappa shape index (κ2) is 7.10. The van der Waals surface area contributed by atoms with Crippen molar-refractivity contribution in [3.8, 4) is 11.3 Å². The van der Waals surface area contributed by atoms with Crippen molar-refractivity contribution in [1.29, 1.82) is 0 Å². The van der Waals surface area contributed by atoms with E-state index in [4.69, 9.17) is 0 Å². The van der Waals surface area contributed by atoms with Crippen LogP contribution in [0.4, 0.5) is 8.78 Å². The summed E-state index contributed by atoms with van der Waals surface area (Å²) in [6.07, 6.45) is 0.140. The fraction of sp³-hybridized carbons (Fsp3) is 0.143. The fourth-order valence-electron chi connectivity index (χ4n) is 3.77. The minimum absolute atomic E-state index is 0.00268. The minimum Gasteiger partial charge on any atom is -0.289 e. The van der Waals surface area contributed by atoms with Gasteiger partial charge in [-0.1, -0.05) is 30.3 Å². The monoisotopic (exact) mass is 442 g/mol. The van der Waals surface area contributed by atoms with Gasteiger partial charge in [0.2, 0.25) is 10.0 Å². The molecule has 158 valence electrons. The number of nitrogens with zero attached hydrogens (tertiary/aromatic N) is 3. The molecule has 1 aliphatic rings. The summed E-state index contributed by atoms with van der Waals surface area (Å²) >= 11 is 0. The van der Waals surface area contributed by atoms with E-state index in [1.54, 1.807) is 6.07 Å². The largest absolute Gasteiger partial charge is 0.289 e. The molecule has 2 aromatic carbocycles. The average Bonchev–Trinajstić information content (AvgIpc) is 3.18. The average molecular weight is 442 g/mol. The Balaban J connectivity index is 1.55. The highest BCUT2D eigenvalue weighted by Crippen LogP contribution is 2.25. The Morgan fingerprint density at radius 3 is 2.42 bits per heavy atom. The van der Waals surface area contributed by atoms with Crippen LogP contribution in [0.15, 0.2) is 64.3 Å². The van der Waals surface area contributed by atoms with Gasteiger partial charge < -0.3 is 0 Å². The molecule has 0 spiro atoms. The van der Waals surface area contributed by atoms with Gasteiger partial charge in [-0.05, 0) is 24.1 Å². The van der Waals surface area contributed by atoms with E-state index in [0.717, 1.165) is 22.0 Å². The lowest BCUT2D eigenvalue weighted by molar-refractivity contribution is 0.383. The summed E-state index contributed by atoms with van der Waals surface area (Å²) < 4.78 is 55.4. The first kappa shape index (κ1) is 19.6. The molecule has 0 bridgehead atoms. The van der Waals surface area contributed by atoms with Crippen LogP contribution in [0.5, 0.6) is 0 Å². The van der Waals surface area contributed by atoms with Crippen LogP contribution in [0.25, 0.3) is 16.9 Å². The number of hydrogen-bond acceptors (Lipinski definition) is 4.